The Bertz CT molecular complexity index is 420. The van der Waals surface area contributed by atoms with Crippen molar-refractivity contribution in [2.45, 2.75) is 0 Å². The van der Waals surface area contributed by atoms with Gasteiger partial charge in [-0.3, -0.25) is 0 Å². The SMILES string of the molecule is CNC(=S)Nc1c(F)c(F)c(F)c(F)c1F. The van der Waals surface area contributed by atoms with E-state index in [0.717, 1.165) is 0 Å². The number of nitrogens with one attached hydrogen (secondary N) is 2. The van der Waals surface area contributed by atoms with Crippen LogP contribution in [0, 0.1) is 29.1 Å². The molecule has 0 bridgehead atoms. The van der Waals surface area contributed by atoms with Gasteiger partial charge in [0.1, 0.15) is 5.69 Å². The summed E-state index contributed by atoms with van der Waals surface area (Å²) in [5, 5.41) is 3.86. The smallest absolute Gasteiger partial charge is 0.200 e. The fourth-order valence-electron chi connectivity index (χ4n) is 0.891. The predicted molar refractivity (Wildman–Crippen MR) is 51.5 cm³/mol. The highest BCUT2D eigenvalue weighted by atomic mass is 32.1. The van der Waals surface area contributed by atoms with Gasteiger partial charge in [-0.15, -0.1) is 0 Å². The fraction of sp³-hybridized carbons (Fsp3) is 0.125. The Morgan fingerprint density at radius 1 is 0.875 bits per heavy atom. The molecule has 0 aliphatic heterocycles. The number of anilines is 1. The lowest BCUT2D eigenvalue weighted by atomic mass is 10.2. The molecular formula is C8H5F5N2S. The van der Waals surface area contributed by atoms with Crippen LogP contribution in [0.2, 0.25) is 0 Å². The van der Waals surface area contributed by atoms with Crippen LogP contribution in [0.25, 0.3) is 0 Å². The van der Waals surface area contributed by atoms with Crippen LogP contribution in [0.4, 0.5) is 27.6 Å². The second kappa shape index (κ2) is 4.60. The van der Waals surface area contributed by atoms with Gasteiger partial charge in [-0.05, 0) is 12.2 Å². The van der Waals surface area contributed by atoms with Crippen molar-refractivity contribution in [2.75, 3.05) is 12.4 Å². The van der Waals surface area contributed by atoms with E-state index in [-0.39, 0.29) is 5.11 Å². The van der Waals surface area contributed by atoms with Crippen molar-refractivity contribution in [3.05, 3.63) is 29.1 Å². The standard InChI is InChI=1S/C8H5F5N2S/c1-14-8(16)15-7-5(12)3(10)2(9)4(11)6(7)13/h1H3,(H2,14,15,16). The molecule has 0 aromatic heterocycles. The summed E-state index contributed by atoms with van der Waals surface area (Å²) < 4.78 is 64.1. The van der Waals surface area contributed by atoms with E-state index >= 15 is 0 Å². The predicted octanol–water partition coefficient (Wildman–Crippen LogP) is 2.30. The van der Waals surface area contributed by atoms with Crippen molar-refractivity contribution in [1.82, 2.24) is 5.32 Å². The van der Waals surface area contributed by atoms with Crippen LogP contribution < -0.4 is 10.6 Å². The minimum Gasteiger partial charge on any atom is -0.366 e. The van der Waals surface area contributed by atoms with E-state index in [0.29, 0.717) is 0 Å². The van der Waals surface area contributed by atoms with Crippen molar-refractivity contribution in [3.63, 3.8) is 0 Å². The third-order valence-corrected chi connectivity index (χ3v) is 1.98. The zero-order chi connectivity index (χ0) is 12.5. The molecule has 0 saturated heterocycles. The second-order valence-corrected chi connectivity index (χ2v) is 3.06. The monoisotopic (exact) mass is 256 g/mol. The van der Waals surface area contributed by atoms with Crippen molar-refractivity contribution < 1.29 is 22.0 Å². The van der Waals surface area contributed by atoms with Gasteiger partial charge >= 0.3 is 0 Å². The van der Waals surface area contributed by atoms with Gasteiger partial charge in [-0.1, -0.05) is 0 Å². The van der Waals surface area contributed by atoms with Crippen molar-refractivity contribution in [3.8, 4) is 0 Å². The van der Waals surface area contributed by atoms with Gasteiger partial charge in [0, 0.05) is 7.05 Å². The molecule has 0 heterocycles. The van der Waals surface area contributed by atoms with Crippen LogP contribution in [0.3, 0.4) is 0 Å². The average molecular weight is 256 g/mol. The Morgan fingerprint density at radius 3 is 1.62 bits per heavy atom. The van der Waals surface area contributed by atoms with Crippen molar-refractivity contribution in [2.24, 2.45) is 0 Å². The minimum atomic E-state index is -2.21. The summed E-state index contributed by atoms with van der Waals surface area (Å²) in [7, 11) is 1.32. The molecule has 0 atom stereocenters. The summed E-state index contributed by atoms with van der Waals surface area (Å²) in [6.45, 7) is 0. The van der Waals surface area contributed by atoms with Crippen LogP contribution in [0.15, 0.2) is 0 Å². The van der Waals surface area contributed by atoms with E-state index in [1.54, 1.807) is 0 Å². The number of thiocarbonyl (C=S) groups is 1. The Hall–Kier alpha value is -1.44. The highest BCUT2D eigenvalue weighted by Gasteiger charge is 2.25. The van der Waals surface area contributed by atoms with Gasteiger partial charge in [-0.2, -0.15) is 0 Å². The van der Waals surface area contributed by atoms with Crippen LogP contribution in [-0.4, -0.2) is 12.2 Å². The van der Waals surface area contributed by atoms with Crippen LogP contribution in [0.5, 0.6) is 0 Å². The molecular weight excluding hydrogens is 251 g/mol. The molecule has 0 aliphatic carbocycles. The first-order valence-corrected chi connectivity index (χ1v) is 4.31. The number of hydrogen-bond donors (Lipinski definition) is 2. The van der Waals surface area contributed by atoms with Crippen molar-refractivity contribution >= 4 is 23.0 Å². The lowest BCUT2D eigenvalue weighted by Crippen LogP contribution is -2.26. The average Bonchev–Trinajstić information content (AvgIpc) is 2.29. The molecule has 0 saturated carbocycles. The zero-order valence-electron chi connectivity index (χ0n) is 7.80. The molecule has 1 rings (SSSR count). The zero-order valence-corrected chi connectivity index (χ0v) is 8.61. The molecule has 1 aromatic rings. The number of rotatable bonds is 1. The summed E-state index contributed by atoms with van der Waals surface area (Å²) in [5.41, 5.74) is -1.18. The molecule has 0 spiro atoms. The quantitative estimate of drug-likeness (QED) is 0.349. The lowest BCUT2D eigenvalue weighted by molar-refractivity contribution is 0.382. The first-order chi connectivity index (χ1) is 7.40. The molecule has 1 aromatic carbocycles. The van der Waals surface area contributed by atoms with E-state index in [1.807, 2.05) is 5.32 Å². The normalized spacial score (nSPS) is 10.1. The molecule has 0 aliphatic rings. The Kier molecular flexibility index (Phi) is 3.63. The largest absolute Gasteiger partial charge is 0.366 e. The molecule has 0 unspecified atom stereocenters. The van der Waals surface area contributed by atoms with Crippen LogP contribution in [0.1, 0.15) is 0 Å². The molecule has 2 nitrogen and oxygen atoms in total. The molecule has 2 N–H and O–H groups in total. The topological polar surface area (TPSA) is 24.1 Å². The molecule has 0 radical (unpaired) electrons. The highest BCUT2D eigenvalue weighted by molar-refractivity contribution is 7.80. The number of hydrogen-bond acceptors (Lipinski definition) is 1. The third kappa shape index (κ3) is 2.06. The third-order valence-electron chi connectivity index (χ3n) is 1.68. The summed E-state index contributed by atoms with van der Waals surface area (Å²) >= 11 is 4.48. The molecule has 0 amide bonds. The van der Waals surface area contributed by atoms with Gasteiger partial charge in [0.15, 0.2) is 28.4 Å². The Balaban J connectivity index is 3.34. The fourth-order valence-corrected chi connectivity index (χ4v) is 0.993. The maximum atomic E-state index is 13.0. The summed E-state index contributed by atoms with van der Waals surface area (Å²) in [4.78, 5) is 0. The summed E-state index contributed by atoms with van der Waals surface area (Å²) in [6.07, 6.45) is 0. The van der Waals surface area contributed by atoms with Gasteiger partial charge in [0.05, 0.1) is 0 Å². The number of halogens is 5. The van der Waals surface area contributed by atoms with E-state index in [9.17, 15) is 22.0 Å². The Morgan fingerprint density at radius 2 is 1.25 bits per heavy atom. The molecule has 8 heteroatoms. The van der Waals surface area contributed by atoms with E-state index in [4.69, 9.17) is 0 Å². The van der Waals surface area contributed by atoms with Crippen LogP contribution >= 0.6 is 12.2 Å². The van der Waals surface area contributed by atoms with Crippen molar-refractivity contribution in [1.29, 1.82) is 0 Å². The highest BCUT2D eigenvalue weighted by Crippen LogP contribution is 2.26. The maximum absolute atomic E-state index is 13.0. The van der Waals surface area contributed by atoms with E-state index in [1.165, 1.54) is 7.05 Å². The van der Waals surface area contributed by atoms with Gasteiger partial charge in [0.25, 0.3) is 0 Å². The van der Waals surface area contributed by atoms with Crippen LogP contribution in [-0.2, 0) is 0 Å². The molecule has 16 heavy (non-hydrogen) atoms. The summed E-state index contributed by atoms with van der Waals surface area (Å²) in [6, 6.07) is 0. The van der Waals surface area contributed by atoms with Gasteiger partial charge < -0.3 is 10.6 Å². The maximum Gasteiger partial charge on any atom is 0.200 e. The second-order valence-electron chi connectivity index (χ2n) is 2.65. The molecule has 0 fully saturated rings. The summed E-state index contributed by atoms with van der Waals surface area (Å²) in [5.74, 6) is -10.2. The molecule has 88 valence electrons. The Labute approximate surface area is 92.4 Å². The first-order valence-electron chi connectivity index (χ1n) is 3.90. The first kappa shape index (κ1) is 12.6. The minimum absolute atomic E-state index is 0.275. The lowest BCUT2D eigenvalue weighted by Gasteiger charge is -2.10. The van der Waals surface area contributed by atoms with E-state index < -0.39 is 34.8 Å². The van der Waals surface area contributed by atoms with Gasteiger partial charge in [0.2, 0.25) is 5.82 Å². The number of benzene rings is 1. The van der Waals surface area contributed by atoms with Gasteiger partial charge in [-0.25, -0.2) is 22.0 Å². The van der Waals surface area contributed by atoms with E-state index in [2.05, 4.69) is 17.5 Å².